The monoisotopic (exact) mass is 313 g/mol. The standard InChI is InChI=1S/C16H27NO3S/c1-12(2)9-14-5-7-15(8-6-14)16(18)10-17-13(3)11-21(4,19)20/h5-8,12-13,16-18H,9-11H2,1-4H3. The minimum Gasteiger partial charge on any atom is -0.387 e. The molecular weight excluding hydrogens is 286 g/mol. The van der Waals surface area contributed by atoms with Gasteiger partial charge in [0.15, 0.2) is 0 Å². The highest BCUT2D eigenvalue weighted by Gasteiger charge is 2.13. The van der Waals surface area contributed by atoms with Gasteiger partial charge in [-0.2, -0.15) is 0 Å². The van der Waals surface area contributed by atoms with Crippen LogP contribution in [-0.2, 0) is 16.3 Å². The highest BCUT2D eigenvalue weighted by Crippen LogP contribution is 2.15. The third-order valence-corrected chi connectivity index (χ3v) is 4.33. The molecule has 0 bridgehead atoms. The number of nitrogens with one attached hydrogen (secondary N) is 1. The Labute approximate surface area is 128 Å². The Morgan fingerprint density at radius 2 is 1.71 bits per heavy atom. The molecule has 0 aliphatic carbocycles. The summed E-state index contributed by atoms with van der Waals surface area (Å²) in [7, 11) is -3.00. The molecule has 0 saturated heterocycles. The SMILES string of the molecule is CC(C)Cc1ccc(C(O)CNC(C)CS(C)(=O)=O)cc1. The lowest BCUT2D eigenvalue weighted by atomic mass is 10.0. The average Bonchev–Trinajstić information content (AvgIpc) is 2.34. The molecule has 5 heteroatoms. The van der Waals surface area contributed by atoms with Gasteiger partial charge < -0.3 is 10.4 Å². The summed E-state index contributed by atoms with van der Waals surface area (Å²) in [5, 5.41) is 13.2. The van der Waals surface area contributed by atoms with Gasteiger partial charge in [0.1, 0.15) is 9.84 Å². The lowest BCUT2D eigenvalue weighted by Gasteiger charge is -2.17. The molecule has 120 valence electrons. The van der Waals surface area contributed by atoms with Crippen LogP contribution >= 0.6 is 0 Å². The molecular formula is C16H27NO3S. The molecule has 0 aromatic heterocycles. The Balaban J connectivity index is 2.50. The highest BCUT2D eigenvalue weighted by molar-refractivity contribution is 7.90. The van der Waals surface area contributed by atoms with Crippen molar-refractivity contribution in [3.05, 3.63) is 35.4 Å². The summed E-state index contributed by atoms with van der Waals surface area (Å²) in [6.45, 7) is 6.51. The van der Waals surface area contributed by atoms with E-state index < -0.39 is 15.9 Å². The Hall–Kier alpha value is -0.910. The van der Waals surface area contributed by atoms with Crippen molar-refractivity contribution in [2.45, 2.75) is 39.3 Å². The van der Waals surface area contributed by atoms with Crippen LogP contribution in [-0.4, -0.2) is 38.1 Å². The van der Waals surface area contributed by atoms with Crippen molar-refractivity contribution in [2.75, 3.05) is 18.6 Å². The van der Waals surface area contributed by atoms with E-state index in [-0.39, 0.29) is 11.8 Å². The molecule has 0 amide bonds. The molecule has 1 rings (SSSR count). The van der Waals surface area contributed by atoms with Crippen molar-refractivity contribution < 1.29 is 13.5 Å². The van der Waals surface area contributed by atoms with Crippen molar-refractivity contribution in [3.8, 4) is 0 Å². The van der Waals surface area contributed by atoms with Crippen LogP contribution in [0, 0.1) is 5.92 Å². The van der Waals surface area contributed by atoms with Gasteiger partial charge in [-0.05, 0) is 30.4 Å². The quantitative estimate of drug-likeness (QED) is 0.770. The van der Waals surface area contributed by atoms with E-state index in [2.05, 4.69) is 19.2 Å². The van der Waals surface area contributed by atoms with E-state index in [1.807, 2.05) is 24.3 Å². The molecule has 0 spiro atoms. The first-order chi connectivity index (χ1) is 9.67. The van der Waals surface area contributed by atoms with Crippen LogP contribution in [0.4, 0.5) is 0 Å². The molecule has 0 radical (unpaired) electrons. The molecule has 2 N–H and O–H groups in total. The van der Waals surface area contributed by atoms with Gasteiger partial charge in [0, 0.05) is 18.8 Å². The summed E-state index contributed by atoms with van der Waals surface area (Å²) in [5.74, 6) is 0.687. The summed E-state index contributed by atoms with van der Waals surface area (Å²) in [6.07, 6.45) is 1.62. The molecule has 4 nitrogen and oxygen atoms in total. The van der Waals surface area contributed by atoms with E-state index >= 15 is 0 Å². The lowest BCUT2D eigenvalue weighted by molar-refractivity contribution is 0.171. The van der Waals surface area contributed by atoms with E-state index in [4.69, 9.17) is 0 Å². The smallest absolute Gasteiger partial charge is 0.148 e. The van der Waals surface area contributed by atoms with Crippen LogP contribution in [0.1, 0.15) is 38.0 Å². The predicted molar refractivity (Wildman–Crippen MR) is 87.1 cm³/mol. The number of aliphatic hydroxyl groups is 1. The van der Waals surface area contributed by atoms with Gasteiger partial charge in [-0.25, -0.2) is 8.42 Å². The van der Waals surface area contributed by atoms with Crippen molar-refractivity contribution >= 4 is 9.84 Å². The minimum absolute atomic E-state index is 0.0764. The number of sulfone groups is 1. The molecule has 21 heavy (non-hydrogen) atoms. The normalized spacial score (nSPS) is 15.1. The Kier molecular flexibility index (Phi) is 6.84. The second-order valence-electron chi connectivity index (χ2n) is 6.26. The molecule has 2 atom stereocenters. The van der Waals surface area contributed by atoms with Crippen molar-refractivity contribution in [1.29, 1.82) is 0 Å². The Bertz CT molecular complexity index is 523. The molecule has 1 aromatic carbocycles. The summed E-state index contributed by atoms with van der Waals surface area (Å²) in [4.78, 5) is 0. The first-order valence-electron chi connectivity index (χ1n) is 7.35. The van der Waals surface area contributed by atoms with E-state index in [0.717, 1.165) is 12.0 Å². The van der Waals surface area contributed by atoms with Gasteiger partial charge in [0.2, 0.25) is 0 Å². The Morgan fingerprint density at radius 1 is 1.14 bits per heavy atom. The topological polar surface area (TPSA) is 66.4 Å². The average molecular weight is 313 g/mol. The fraction of sp³-hybridized carbons (Fsp3) is 0.625. The maximum Gasteiger partial charge on any atom is 0.148 e. The van der Waals surface area contributed by atoms with Crippen molar-refractivity contribution in [3.63, 3.8) is 0 Å². The van der Waals surface area contributed by atoms with Crippen LogP contribution in [0.15, 0.2) is 24.3 Å². The third-order valence-electron chi connectivity index (χ3n) is 3.22. The molecule has 1 aromatic rings. The fourth-order valence-electron chi connectivity index (χ4n) is 2.29. The summed E-state index contributed by atoms with van der Waals surface area (Å²) >= 11 is 0. The second-order valence-corrected chi connectivity index (χ2v) is 8.44. The maximum absolute atomic E-state index is 11.2. The van der Waals surface area contributed by atoms with Gasteiger partial charge in [-0.15, -0.1) is 0 Å². The predicted octanol–water partition coefficient (Wildman–Crippen LogP) is 1.94. The minimum atomic E-state index is -3.00. The molecule has 0 fully saturated rings. The molecule has 0 heterocycles. The molecule has 0 saturated carbocycles. The first kappa shape index (κ1) is 18.1. The van der Waals surface area contributed by atoms with E-state index in [1.54, 1.807) is 6.92 Å². The number of hydrogen-bond acceptors (Lipinski definition) is 4. The van der Waals surface area contributed by atoms with Gasteiger partial charge >= 0.3 is 0 Å². The maximum atomic E-state index is 11.2. The third kappa shape index (κ3) is 7.60. The summed E-state index contributed by atoms with van der Waals surface area (Å²) < 4.78 is 22.4. The van der Waals surface area contributed by atoms with Crippen LogP contribution < -0.4 is 5.32 Å². The van der Waals surface area contributed by atoms with E-state index in [9.17, 15) is 13.5 Å². The zero-order valence-electron chi connectivity index (χ0n) is 13.3. The Morgan fingerprint density at radius 3 is 2.19 bits per heavy atom. The van der Waals surface area contributed by atoms with Crippen LogP contribution in [0.25, 0.3) is 0 Å². The van der Waals surface area contributed by atoms with E-state index in [0.29, 0.717) is 12.5 Å². The first-order valence-corrected chi connectivity index (χ1v) is 9.41. The second kappa shape index (κ2) is 7.92. The van der Waals surface area contributed by atoms with Gasteiger partial charge in [-0.1, -0.05) is 38.1 Å². The lowest BCUT2D eigenvalue weighted by Crippen LogP contribution is -2.35. The summed E-state index contributed by atoms with van der Waals surface area (Å²) in [6, 6.07) is 7.78. The molecule has 0 aliphatic rings. The van der Waals surface area contributed by atoms with Crippen molar-refractivity contribution in [1.82, 2.24) is 5.32 Å². The number of rotatable bonds is 8. The largest absolute Gasteiger partial charge is 0.387 e. The van der Waals surface area contributed by atoms with Gasteiger partial charge in [0.25, 0.3) is 0 Å². The fourth-order valence-corrected chi connectivity index (χ4v) is 3.32. The van der Waals surface area contributed by atoms with Gasteiger partial charge in [-0.3, -0.25) is 0 Å². The molecule has 2 unspecified atom stereocenters. The van der Waals surface area contributed by atoms with Crippen molar-refractivity contribution in [2.24, 2.45) is 5.92 Å². The van der Waals surface area contributed by atoms with Crippen LogP contribution in [0.3, 0.4) is 0 Å². The van der Waals surface area contributed by atoms with E-state index in [1.165, 1.54) is 11.8 Å². The highest BCUT2D eigenvalue weighted by atomic mass is 32.2. The number of aliphatic hydroxyl groups excluding tert-OH is 1. The van der Waals surface area contributed by atoms with Crippen LogP contribution in [0.5, 0.6) is 0 Å². The zero-order valence-corrected chi connectivity index (χ0v) is 14.2. The number of benzene rings is 1. The number of hydrogen-bond donors (Lipinski definition) is 2. The summed E-state index contributed by atoms with van der Waals surface area (Å²) in [5.41, 5.74) is 2.11. The van der Waals surface area contributed by atoms with Gasteiger partial charge in [0.05, 0.1) is 11.9 Å². The molecule has 0 aliphatic heterocycles. The van der Waals surface area contributed by atoms with Crippen LogP contribution in [0.2, 0.25) is 0 Å². The zero-order chi connectivity index (χ0) is 16.0.